The fourth-order valence-electron chi connectivity index (χ4n) is 3.59. The van der Waals surface area contributed by atoms with E-state index in [1.54, 1.807) is 28.3 Å². The molecule has 0 aliphatic carbocycles. The number of benzene rings is 1. The highest BCUT2D eigenvalue weighted by molar-refractivity contribution is 7.99. The SMILES string of the molecule is CCSc1nn2ccc(-c3ccc(Cl)cc3)nc2c1-c1nc2cc(C(F)(F)F)ncc2n1C. The monoisotopic (exact) mass is 488 g/mol. The van der Waals surface area contributed by atoms with Crippen LogP contribution in [-0.2, 0) is 13.2 Å². The average molecular weight is 489 g/mol. The van der Waals surface area contributed by atoms with Crippen molar-refractivity contribution in [2.24, 2.45) is 7.05 Å². The molecule has 0 N–H and O–H groups in total. The van der Waals surface area contributed by atoms with Crippen LogP contribution in [0.1, 0.15) is 12.6 Å². The maximum Gasteiger partial charge on any atom is 0.433 e. The van der Waals surface area contributed by atoms with Crippen LogP contribution < -0.4 is 0 Å². The molecule has 0 spiro atoms. The second kappa shape index (κ2) is 8.03. The zero-order valence-electron chi connectivity index (χ0n) is 17.4. The van der Waals surface area contributed by atoms with Crippen molar-refractivity contribution in [1.29, 1.82) is 0 Å². The van der Waals surface area contributed by atoms with Gasteiger partial charge in [-0.2, -0.15) is 18.3 Å². The number of nitrogens with zero attached hydrogens (tertiary/aromatic N) is 6. The van der Waals surface area contributed by atoms with Crippen molar-refractivity contribution in [3.8, 4) is 22.6 Å². The van der Waals surface area contributed by atoms with E-state index in [2.05, 4.69) is 15.1 Å². The number of rotatable bonds is 4. The van der Waals surface area contributed by atoms with E-state index in [-0.39, 0.29) is 5.52 Å². The number of aromatic nitrogens is 6. The molecule has 0 bridgehead atoms. The van der Waals surface area contributed by atoms with Crippen molar-refractivity contribution >= 4 is 40.0 Å². The summed E-state index contributed by atoms with van der Waals surface area (Å²) in [6, 6.07) is 10.1. The van der Waals surface area contributed by atoms with E-state index < -0.39 is 11.9 Å². The lowest BCUT2D eigenvalue weighted by molar-refractivity contribution is -0.141. The molecular weight excluding hydrogens is 473 g/mol. The van der Waals surface area contributed by atoms with Crippen LogP contribution in [-0.4, -0.2) is 34.9 Å². The Morgan fingerprint density at radius 3 is 2.55 bits per heavy atom. The van der Waals surface area contributed by atoms with E-state index in [1.807, 2.05) is 31.3 Å². The van der Waals surface area contributed by atoms with Crippen molar-refractivity contribution in [2.45, 2.75) is 18.1 Å². The molecule has 0 radical (unpaired) electrons. The summed E-state index contributed by atoms with van der Waals surface area (Å²) in [7, 11) is 1.74. The fraction of sp³-hybridized carbons (Fsp3) is 0.182. The molecule has 0 saturated carbocycles. The molecule has 4 heterocycles. The number of hydrogen-bond donors (Lipinski definition) is 0. The van der Waals surface area contributed by atoms with Gasteiger partial charge in [-0.05, 0) is 30.0 Å². The largest absolute Gasteiger partial charge is 0.433 e. The number of aryl methyl sites for hydroxylation is 1. The Kier molecular flexibility index (Phi) is 5.29. The van der Waals surface area contributed by atoms with Gasteiger partial charge in [0.05, 0.1) is 28.5 Å². The van der Waals surface area contributed by atoms with Crippen LogP contribution in [0, 0.1) is 0 Å². The molecule has 33 heavy (non-hydrogen) atoms. The van der Waals surface area contributed by atoms with Gasteiger partial charge in [-0.1, -0.05) is 30.7 Å². The minimum atomic E-state index is -4.55. The van der Waals surface area contributed by atoms with Gasteiger partial charge in [0.1, 0.15) is 16.5 Å². The zero-order chi connectivity index (χ0) is 23.3. The van der Waals surface area contributed by atoms with Crippen molar-refractivity contribution < 1.29 is 13.2 Å². The molecule has 0 aliphatic rings. The third-order valence-electron chi connectivity index (χ3n) is 5.16. The van der Waals surface area contributed by atoms with Gasteiger partial charge in [-0.25, -0.2) is 19.5 Å². The molecule has 0 fully saturated rings. The molecule has 5 rings (SSSR count). The Labute approximate surface area is 195 Å². The Morgan fingerprint density at radius 1 is 1.09 bits per heavy atom. The van der Waals surface area contributed by atoms with Gasteiger partial charge in [0.15, 0.2) is 5.65 Å². The van der Waals surface area contributed by atoms with Gasteiger partial charge in [0.25, 0.3) is 0 Å². The van der Waals surface area contributed by atoms with Crippen LogP contribution in [0.3, 0.4) is 0 Å². The number of imidazole rings is 1. The molecule has 5 aromatic rings. The number of alkyl halides is 3. The second-order valence-corrected chi connectivity index (χ2v) is 8.94. The van der Waals surface area contributed by atoms with E-state index in [9.17, 15) is 13.2 Å². The molecule has 0 aliphatic heterocycles. The highest BCUT2D eigenvalue weighted by atomic mass is 35.5. The van der Waals surface area contributed by atoms with Crippen molar-refractivity contribution in [1.82, 2.24) is 29.1 Å². The van der Waals surface area contributed by atoms with E-state index in [1.165, 1.54) is 18.0 Å². The van der Waals surface area contributed by atoms with E-state index >= 15 is 0 Å². The summed E-state index contributed by atoms with van der Waals surface area (Å²) in [5.74, 6) is 1.22. The predicted octanol–water partition coefficient (Wildman–Crippen LogP) is 6.13. The normalized spacial score (nSPS) is 12.2. The number of thioether (sulfide) groups is 1. The van der Waals surface area contributed by atoms with Gasteiger partial charge in [-0.3, -0.25) is 0 Å². The predicted molar refractivity (Wildman–Crippen MR) is 122 cm³/mol. The van der Waals surface area contributed by atoms with Crippen molar-refractivity contribution in [2.75, 3.05) is 5.75 Å². The smallest absolute Gasteiger partial charge is 0.326 e. The quantitative estimate of drug-likeness (QED) is 0.285. The summed E-state index contributed by atoms with van der Waals surface area (Å²) in [5.41, 5.74) is 2.52. The third kappa shape index (κ3) is 3.83. The van der Waals surface area contributed by atoms with Gasteiger partial charge in [0, 0.05) is 23.8 Å². The van der Waals surface area contributed by atoms with E-state index in [0.717, 1.165) is 17.4 Å². The first-order chi connectivity index (χ1) is 15.8. The van der Waals surface area contributed by atoms with Crippen LogP contribution in [0.2, 0.25) is 5.02 Å². The van der Waals surface area contributed by atoms with Crippen LogP contribution >= 0.6 is 23.4 Å². The lowest BCUT2D eigenvalue weighted by atomic mass is 10.1. The van der Waals surface area contributed by atoms with Gasteiger partial charge in [-0.15, -0.1) is 11.8 Å². The Morgan fingerprint density at radius 2 is 1.85 bits per heavy atom. The molecule has 6 nitrogen and oxygen atoms in total. The Hall–Kier alpha value is -3.11. The lowest BCUT2D eigenvalue weighted by Crippen LogP contribution is -2.07. The van der Waals surface area contributed by atoms with Crippen LogP contribution in [0.25, 0.3) is 39.3 Å². The molecular formula is C22H16ClF3N6S. The second-order valence-electron chi connectivity index (χ2n) is 7.25. The molecule has 0 amide bonds. The van der Waals surface area contributed by atoms with Gasteiger partial charge in [0.2, 0.25) is 0 Å². The first-order valence-electron chi connectivity index (χ1n) is 9.94. The standard InChI is InChI=1S/C22H16ClF3N6S/c1-3-33-21-18(19-29-15-10-17(22(24,25)26)27-11-16(15)31(19)2)20-28-14(8-9-32(20)30-21)12-4-6-13(23)7-5-12/h4-11H,3H2,1-2H3. The maximum absolute atomic E-state index is 13.2. The Balaban J connectivity index is 1.74. The number of hydrogen-bond acceptors (Lipinski definition) is 5. The maximum atomic E-state index is 13.2. The van der Waals surface area contributed by atoms with E-state index in [4.69, 9.17) is 16.6 Å². The minimum Gasteiger partial charge on any atom is -0.326 e. The van der Waals surface area contributed by atoms with Crippen LogP contribution in [0.15, 0.2) is 53.8 Å². The fourth-order valence-corrected chi connectivity index (χ4v) is 4.46. The topological polar surface area (TPSA) is 60.9 Å². The summed E-state index contributed by atoms with van der Waals surface area (Å²) in [6.07, 6.45) is -1.55. The van der Waals surface area contributed by atoms with Gasteiger partial charge < -0.3 is 4.57 Å². The minimum absolute atomic E-state index is 0.204. The van der Waals surface area contributed by atoms with Gasteiger partial charge >= 0.3 is 6.18 Å². The average Bonchev–Trinajstić information content (AvgIpc) is 3.30. The van der Waals surface area contributed by atoms with Crippen molar-refractivity contribution in [3.63, 3.8) is 0 Å². The molecule has 168 valence electrons. The lowest BCUT2D eigenvalue weighted by Gasteiger charge is -2.05. The van der Waals surface area contributed by atoms with Crippen LogP contribution in [0.4, 0.5) is 13.2 Å². The summed E-state index contributed by atoms with van der Waals surface area (Å²) in [5, 5.41) is 5.96. The molecule has 0 atom stereocenters. The summed E-state index contributed by atoms with van der Waals surface area (Å²) >= 11 is 7.52. The third-order valence-corrected chi connectivity index (χ3v) is 6.26. The summed E-state index contributed by atoms with van der Waals surface area (Å²) in [4.78, 5) is 12.9. The molecule has 0 unspecified atom stereocenters. The number of pyridine rings is 1. The molecule has 11 heteroatoms. The first-order valence-corrected chi connectivity index (χ1v) is 11.3. The summed E-state index contributed by atoms with van der Waals surface area (Å²) in [6.45, 7) is 2.00. The zero-order valence-corrected chi connectivity index (χ0v) is 19.0. The van der Waals surface area contributed by atoms with E-state index in [0.29, 0.717) is 38.3 Å². The Bertz CT molecular complexity index is 1490. The summed E-state index contributed by atoms with van der Waals surface area (Å²) < 4.78 is 42.9. The van der Waals surface area contributed by atoms with Crippen LogP contribution in [0.5, 0.6) is 0 Å². The molecule has 0 saturated heterocycles. The number of halogens is 4. The highest BCUT2D eigenvalue weighted by Crippen LogP contribution is 2.36. The molecule has 1 aromatic carbocycles. The molecule has 4 aromatic heterocycles. The van der Waals surface area contributed by atoms with Crippen molar-refractivity contribution in [3.05, 3.63) is 59.5 Å². The highest BCUT2D eigenvalue weighted by Gasteiger charge is 2.33. The number of fused-ring (bicyclic) bond motifs is 2. The first kappa shape index (κ1) is 21.7.